The quantitative estimate of drug-likeness (QED) is 0.657. The van der Waals surface area contributed by atoms with Crippen molar-refractivity contribution in [3.63, 3.8) is 0 Å². The zero-order valence-electron chi connectivity index (χ0n) is 15.9. The highest BCUT2D eigenvalue weighted by molar-refractivity contribution is 5.96. The SMILES string of the molecule is CCOCCCN(CC(=O)Nc1cc(C)on1)C(=O)Nc1ccccc1C. The number of hydrogen-bond donors (Lipinski definition) is 2. The molecule has 0 aliphatic rings. The molecule has 3 amide bonds. The number of nitrogens with one attached hydrogen (secondary N) is 2. The summed E-state index contributed by atoms with van der Waals surface area (Å²) >= 11 is 0. The van der Waals surface area contributed by atoms with Crippen molar-refractivity contribution in [3.05, 3.63) is 41.7 Å². The lowest BCUT2D eigenvalue weighted by atomic mass is 10.2. The summed E-state index contributed by atoms with van der Waals surface area (Å²) in [6.45, 7) is 6.98. The van der Waals surface area contributed by atoms with Crippen LogP contribution >= 0.6 is 0 Å². The number of urea groups is 1. The number of benzene rings is 1. The lowest BCUT2D eigenvalue weighted by molar-refractivity contribution is -0.116. The van der Waals surface area contributed by atoms with Crippen molar-refractivity contribution < 1.29 is 18.8 Å². The maximum absolute atomic E-state index is 12.7. The monoisotopic (exact) mass is 374 g/mol. The minimum atomic E-state index is -0.348. The van der Waals surface area contributed by atoms with E-state index in [1.807, 2.05) is 38.1 Å². The maximum atomic E-state index is 12.7. The smallest absolute Gasteiger partial charge is 0.322 e. The van der Waals surface area contributed by atoms with Gasteiger partial charge in [0.2, 0.25) is 5.91 Å². The Morgan fingerprint density at radius 2 is 2.00 bits per heavy atom. The molecule has 1 aromatic carbocycles. The van der Waals surface area contributed by atoms with E-state index in [1.165, 1.54) is 4.90 Å². The number of rotatable bonds is 9. The van der Waals surface area contributed by atoms with Gasteiger partial charge in [-0.25, -0.2) is 4.79 Å². The standard InChI is InChI=1S/C19H26N4O4/c1-4-26-11-7-10-23(13-18(24)21-17-12-15(3)27-22-17)19(25)20-16-9-6-5-8-14(16)2/h5-6,8-9,12H,4,7,10-11,13H2,1-3H3,(H,20,25)(H,21,22,24). The number of hydrogen-bond acceptors (Lipinski definition) is 5. The predicted molar refractivity (Wildman–Crippen MR) is 103 cm³/mol. The van der Waals surface area contributed by atoms with E-state index in [0.717, 1.165) is 5.56 Å². The van der Waals surface area contributed by atoms with Crippen molar-refractivity contribution in [2.75, 3.05) is 36.9 Å². The van der Waals surface area contributed by atoms with E-state index in [1.54, 1.807) is 13.0 Å². The Balaban J connectivity index is 1.99. The molecule has 27 heavy (non-hydrogen) atoms. The summed E-state index contributed by atoms with van der Waals surface area (Å²) < 4.78 is 10.3. The van der Waals surface area contributed by atoms with Crippen LogP contribution in [0.15, 0.2) is 34.9 Å². The molecule has 0 aliphatic carbocycles. The largest absolute Gasteiger partial charge is 0.382 e. The van der Waals surface area contributed by atoms with Gasteiger partial charge in [-0.15, -0.1) is 0 Å². The van der Waals surface area contributed by atoms with Gasteiger partial charge in [0.1, 0.15) is 12.3 Å². The second-order valence-electron chi connectivity index (χ2n) is 6.09. The van der Waals surface area contributed by atoms with E-state index in [2.05, 4.69) is 15.8 Å². The third-order valence-electron chi connectivity index (χ3n) is 3.82. The molecule has 2 N–H and O–H groups in total. The van der Waals surface area contributed by atoms with Crippen molar-refractivity contribution in [1.82, 2.24) is 10.1 Å². The number of amides is 3. The fraction of sp³-hybridized carbons (Fsp3) is 0.421. The number of ether oxygens (including phenoxy) is 1. The molecule has 2 rings (SSSR count). The van der Waals surface area contributed by atoms with Gasteiger partial charge in [0.25, 0.3) is 0 Å². The molecule has 0 saturated heterocycles. The van der Waals surface area contributed by atoms with Crippen molar-refractivity contribution in [3.8, 4) is 0 Å². The third-order valence-corrected chi connectivity index (χ3v) is 3.82. The molecular formula is C19H26N4O4. The van der Waals surface area contributed by atoms with Gasteiger partial charge in [0.05, 0.1) is 0 Å². The Bertz CT molecular complexity index is 760. The second-order valence-corrected chi connectivity index (χ2v) is 6.09. The van der Waals surface area contributed by atoms with E-state index < -0.39 is 0 Å². The van der Waals surface area contributed by atoms with E-state index >= 15 is 0 Å². The lowest BCUT2D eigenvalue weighted by Gasteiger charge is -2.23. The molecule has 8 heteroatoms. The first-order chi connectivity index (χ1) is 13.0. The molecule has 0 fully saturated rings. The molecule has 146 valence electrons. The van der Waals surface area contributed by atoms with E-state index in [-0.39, 0.29) is 18.5 Å². The molecule has 0 aliphatic heterocycles. The zero-order chi connectivity index (χ0) is 19.6. The molecule has 1 aromatic heterocycles. The first-order valence-electron chi connectivity index (χ1n) is 8.92. The average molecular weight is 374 g/mol. The van der Waals surface area contributed by atoms with Crippen LogP contribution in [0, 0.1) is 13.8 Å². The highest BCUT2D eigenvalue weighted by Gasteiger charge is 2.18. The second kappa shape index (κ2) is 10.3. The van der Waals surface area contributed by atoms with E-state index in [9.17, 15) is 9.59 Å². The van der Waals surface area contributed by atoms with Gasteiger partial charge in [0, 0.05) is 31.5 Å². The van der Waals surface area contributed by atoms with E-state index in [4.69, 9.17) is 9.26 Å². The predicted octanol–water partition coefficient (Wildman–Crippen LogP) is 3.19. The minimum absolute atomic E-state index is 0.101. The van der Waals surface area contributed by atoms with Gasteiger partial charge in [-0.05, 0) is 38.8 Å². The Morgan fingerprint density at radius 3 is 2.67 bits per heavy atom. The van der Waals surface area contributed by atoms with Crippen molar-refractivity contribution in [2.24, 2.45) is 0 Å². The normalized spacial score (nSPS) is 10.5. The number of carbonyl (C=O) groups excluding carboxylic acids is 2. The van der Waals surface area contributed by atoms with Crippen molar-refractivity contribution in [2.45, 2.75) is 27.2 Å². The summed E-state index contributed by atoms with van der Waals surface area (Å²) in [7, 11) is 0. The van der Waals surface area contributed by atoms with Crippen LogP contribution in [0.1, 0.15) is 24.7 Å². The summed E-state index contributed by atoms with van der Waals surface area (Å²) in [5.74, 6) is 0.571. The van der Waals surface area contributed by atoms with Crippen molar-refractivity contribution >= 4 is 23.4 Å². The number of aryl methyl sites for hydroxylation is 2. The highest BCUT2D eigenvalue weighted by Crippen LogP contribution is 2.14. The van der Waals surface area contributed by atoms with Crippen LogP contribution in [0.5, 0.6) is 0 Å². The molecule has 0 unspecified atom stereocenters. The molecule has 0 radical (unpaired) electrons. The zero-order valence-corrected chi connectivity index (χ0v) is 15.9. The van der Waals surface area contributed by atoms with Crippen molar-refractivity contribution in [1.29, 1.82) is 0 Å². The maximum Gasteiger partial charge on any atom is 0.322 e. The van der Waals surface area contributed by atoms with Gasteiger partial charge < -0.3 is 24.8 Å². The molecule has 0 atom stereocenters. The molecular weight excluding hydrogens is 348 g/mol. The summed E-state index contributed by atoms with van der Waals surface area (Å²) in [5.41, 5.74) is 1.66. The van der Waals surface area contributed by atoms with Crippen LogP contribution in [0.4, 0.5) is 16.3 Å². The fourth-order valence-corrected chi connectivity index (χ4v) is 2.44. The Labute approximate surface area is 158 Å². The highest BCUT2D eigenvalue weighted by atomic mass is 16.5. The van der Waals surface area contributed by atoms with Crippen LogP contribution in [-0.4, -0.2) is 48.3 Å². The number of carbonyl (C=O) groups is 2. The Kier molecular flexibility index (Phi) is 7.81. The topological polar surface area (TPSA) is 96.7 Å². The first kappa shape index (κ1) is 20.4. The molecule has 0 spiro atoms. The minimum Gasteiger partial charge on any atom is -0.382 e. The number of nitrogens with zero attached hydrogens (tertiary/aromatic N) is 2. The van der Waals surface area contributed by atoms with Crippen LogP contribution in [0.2, 0.25) is 0 Å². The van der Waals surface area contributed by atoms with Crippen LogP contribution in [0.3, 0.4) is 0 Å². The number of para-hydroxylation sites is 1. The van der Waals surface area contributed by atoms with Gasteiger partial charge in [0.15, 0.2) is 5.82 Å². The van der Waals surface area contributed by atoms with Crippen LogP contribution in [0.25, 0.3) is 0 Å². The summed E-state index contributed by atoms with van der Waals surface area (Å²) in [6.07, 6.45) is 0.630. The van der Waals surface area contributed by atoms with Gasteiger partial charge >= 0.3 is 6.03 Å². The fourth-order valence-electron chi connectivity index (χ4n) is 2.44. The van der Waals surface area contributed by atoms with E-state index in [0.29, 0.717) is 43.4 Å². The third kappa shape index (κ3) is 6.74. The molecule has 2 aromatic rings. The number of aromatic nitrogens is 1. The van der Waals surface area contributed by atoms with Gasteiger partial charge in [-0.2, -0.15) is 0 Å². The van der Waals surface area contributed by atoms with Gasteiger partial charge in [-0.1, -0.05) is 23.4 Å². The summed E-state index contributed by atoms with van der Waals surface area (Å²) in [4.78, 5) is 26.4. The number of anilines is 2. The van der Waals surface area contributed by atoms with Crippen LogP contribution < -0.4 is 10.6 Å². The molecule has 8 nitrogen and oxygen atoms in total. The summed E-state index contributed by atoms with van der Waals surface area (Å²) in [6, 6.07) is 8.76. The molecule has 0 bridgehead atoms. The summed E-state index contributed by atoms with van der Waals surface area (Å²) in [5, 5.41) is 9.21. The molecule has 0 saturated carbocycles. The lowest BCUT2D eigenvalue weighted by Crippen LogP contribution is -2.41. The Hall–Kier alpha value is -2.87. The first-order valence-corrected chi connectivity index (χ1v) is 8.92. The average Bonchev–Trinajstić information content (AvgIpc) is 3.04. The molecule has 1 heterocycles. The Morgan fingerprint density at radius 1 is 1.22 bits per heavy atom. The van der Waals surface area contributed by atoms with Gasteiger partial charge in [-0.3, -0.25) is 4.79 Å². The van der Waals surface area contributed by atoms with Crippen LogP contribution in [-0.2, 0) is 9.53 Å².